The molecule has 2 nitrogen and oxygen atoms in total. The van der Waals surface area contributed by atoms with Crippen molar-refractivity contribution in [3.05, 3.63) is 121 Å². The van der Waals surface area contributed by atoms with Crippen molar-refractivity contribution in [2.45, 2.75) is 0 Å². The van der Waals surface area contributed by atoms with Gasteiger partial charge in [-0.3, -0.25) is 0 Å². The van der Waals surface area contributed by atoms with Gasteiger partial charge in [0.1, 0.15) is 0 Å². The minimum absolute atomic E-state index is 0.812. The Bertz CT molecular complexity index is 1320. The molecule has 3 heteroatoms. The smallest absolute Gasteiger partial charge is 0.171 e. The molecule has 0 N–H and O–H groups in total. The van der Waals surface area contributed by atoms with Crippen LogP contribution in [0.25, 0.3) is 22.2 Å². The molecule has 0 aliphatic carbocycles. The molecule has 0 aliphatic rings. The SMILES string of the molecule is O=P(c1ccccc1)(c1ccccc1)c1cccc(-c2ccc3ccccc3n2)c1. The van der Waals surface area contributed by atoms with E-state index >= 15 is 0 Å². The fourth-order valence-electron chi connectivity index (χ4n) is 3.81. The molecule has 0 fully saturated rings. The zero-order valence-corrected chi connectivity index (χ0v) is 17.2. The minimum Gasteiger partial charge on any atom is -0.309 e. The molecule has 0 saturated heterocycles. The molecule has 144 valence electrons. The van der Waals surface area contributed by atoms with E-state index in [2.05, 4.69) is 12.1 Å². The van der Waals surface area contributed by atoms with Crippen molar-refractivity contribution in [2.24, 2.45) is 0 Å². The van der Waals surface area contributed by atoms with Crippen molar-refractivity contribution in [3.63, 3.8) is 0 Å². The lowest BCUT2D eigenvalue weighted by Crippen LogP contribution is -2.25. The van der Waals surface area contributed by atoms with Gasteiger partial charge in [0.15, 0.2) is 7.14 Å². The van der Waals surface area contributed by atoms with Crippen LogP contribution in [-0.4, -0.2) is 4.98 Å². The van der Waals surface area contributed by atoms with Crippen LogP contribution in [0.2, 0.25) is 0 Å². The van der Waals surface area contributed by atoms with Crippen molar-refractivity contribution >= 4 is 34.0 Å². The Labute approximate surface area is 176 Å². The molecule has 1 aromatic heterocycles. The van der Waals surface area contributed by atoms with Gasteiger partial charge in [-0.1, -0.05) is 103 Å². The Hall–Kier alpha value is -3.48. The molecule has 0 amide bonds. The molecule has 0 saturated carbocycles. The average Bonchev–Trinajstić information content (AvgIpc) is 2.84. The fraction of sp³-hybridized carbons (Fsp3) is 0. The Morgan fingerprint density at radius 3 is 1.83 bits per heavy atom. The first-order valence-corrected chi connectivity index (χ1v) is 11.6. The number of hydrogen-bond acceptors (Lipinski definition) is 2. The summed E-state index contributed by atoms with van der Waals surface area (Å²) < 4.78 is 14.6. The molecule has 0 unspecified atom stereocenters. The lowest BCUT2D eigenvalue weighted by atomic mass is 10.1. The van der Waals surface area contributed by atoms with Crippen molar-refractivity contribution in [2.75, 3.05) is 0 Å². The normalized spacial score (nSPS) is 11.5. The number of hydrogen-bond donors (Lipinski definition) is 0. The second kappa shape index (κ2) is 7.74. The largest absolute Gasteiger partial charge is 0.309 e. The summed E-state index contributed by atoms with van der Waals surface area (Å²) in [5, 5.41) is 3.59. The molecular formula is C27H20NOP. The average molecular weight is 405 g/mol. The molecule has 5 rings (SSSR count). The molecule has 30 heavy (non-hydrogen) atoms. The molecule has 0 atom stereocenters. The zero-order valence-electron chi connectivity index (χ0n) is 16.3. The third-order valence-corrected chi connectivity index (χ3v) is 8.40. The van der Waals surface area contributed by atoms with E-state index in [9.17, 15) is 4.57 Å². The molecule has 0 spiro atoms. The predicted octanol–water partition coefficient (Wildman–Crippen LogP) is 5.54. The van der Waals surface area contributed by atoms with E-state index in [0.717, 1.165) is 38.1 Å². The summed E-state index contributed by atoms with van der Waals surface area (Å²) in [7, 11) is -3.00. The fourth-order valence-corrected chi connectivity index (χ4v) is 6.51. The number of benzene rings is 4. The number of aromatic nitrogens is 1. The van der Waals surface area contributed by atoms with Crippen LogP contribution in [0.4, 0.5) is 0 Å². The number of nitrogens with zero attached hydrogens (tertiary/aromatic N) is 1. The Morgan fingerprint density at radius 2 is 1.13 bits per heavy atom. The molecule has 5 aromatic rings. The van der Waals surface area contributed by atoms with Gasteiger partial charge < -0.3 is 4.57 Å². The van der Waals surface area contributed by atoms with Crippen molar-refractivity contribution in [1.29, 1.82) is 0 Å². The van der Waals surface area contributed by atoms with Gasteiger partial charge in [-0.15, -0.1) is 0 Å². The van der Waals surface area contributed by atoms with Crippen molar-refractivity contribution in [3.8, 4) is 11.3 Å². The van der Waals surface area contributed by atoms with Crippen LogP contribution in [0.3, 0.4) is 0 Å². The third-order valence-electron chi connectivity index (χ3n) is 5.34. The zero-order chi connectivity index (χ0) is 20.4. The summed E-state index contributed by atoms with van der Waals surface area (Å²) in [6.07, 6.45) is 0. The third kappa shape index (κ3) is 3.26. The van der Waals surface area contributed by atoms with Gasteiger partial charge in [-0.25, -0.2) is 4.98 Å². The summed E-state index contributed by atoms with van der Waals surface area (Å²) in [4.78, 5) is 4.82. The van der Waals surface area contributed by atoms with E-state index in [0.29, 0.717) is 0 Å². The highest BCUT2D eigenvalue weighted by molar-refractivity contribution is 7.85. The summed E-state index contributed by atoms with van der Waals surface area (Å²) in [5.41, 5.74) is 2.79. The second-order valence-corrected chi connectivity index (χ2v) is 9.99. The molecule has 0 radical (unpaired) electrons. The predicted molar refractivity (Wildman–Crippen MR) is 127 cm³/mol. The van der Waals surface area contributed by atoms with Gasteiger partial charge in [0.2, 0.25) is 0 Å². The monoisotopic (exact) mass is 405 g/mol. The maximum absolute atomic E-state index is 14.6. The van der Waals surface area contributed by atoms with Crippen LogP contribution < -0.4 is 15.9 Å². The standard InChI is InChI=1S/C27H20NOP/c29-30(23-12-3-1-4-13-23,24-14-5-2-6-15-24)25-16-9-11-22(20-25)27-19-18-21-10-7-8-17-26(21)28-27/h1-20H. The van der Waals surface area contributed by atoms with E-state index in [1.165, 1.54) is 0 Å². The molecular weight excluding hydrogens is 385 g/mol. The van der Waals surface area contributed by atoms with Gasteiger partial charge in [0, 0.05) is 26.9 Å². The number of rotatable bonds is 4. The van der Waals surface area contributed by atoms with E-state index in [1.807, 2.05) is 109 Å². The first-order chi connectivity index (χ1) is 14.7. The maximum atomic E-state index is 14.6. The van der Waals surface area contributed by atoms with Crippen LogP contribution in [0.15, 0.2) is 121 Å². The van der Waals surface area contributed by atoms with Crippen LogP contribution in [-0.2, 0) is 4.57 Å². The summed E-state index contributed by atoms with van der Waals surface area (Å²) in [6, 6.07) is 39.7. The lowest BCUT2D eigenvalue weighted by Gasteiger charge is -2.20. The van der Waals surface area contributed by atoms with Gasteiger partial charge in [0.25, 0.3) is 0 Å². The molecule has 0 bridgehead atoms. The van der Waals surface area contributed by atoms with Crippen LogP contribution in [0, 0.1) is 0 Å². The van der Waals surface area contributed by atoms with Crippen LogP contribution in [0.5, 0.6) is 0 Å². The Morgan fingerprint density at radius 1 is 0.533 bits per heavy atom. The first-order valence-electron chi connectivity index (χ1n) is 9.93. The summed E-state index contributed by atoms with van der Waals surface area (Å²) in [5.74, 6) is 0. The summed E-state index contributed by atoms with van der Waals surface area (Å²) in [6.45, 7) is 0. The molecule has 1 heterocycles. The highest BCUT2D eigenvalue weighted by Gasteiger charge is 2.29. The molecule has 4 aromatic carbocycles. The lowest BCUT2D eigenvalue weighted by molar-refractivity contribution is 0.592. The van der Waals surface area contributed by atoms with Gasteiger partial charge in [-0.2, -0.15) is 0 Å². The first kappa shape index (κ1) is 18.5. The number of para-hydroxylation sites is 1. The van der Waals surface area contributed by atoms with E-state index in [-0.39, 0.29) is 0 Å². The quantitative estimate of drug-likeness (QED) is 0.368. The Kier molecular flexibility index (Phi) is 4.78. The Balaban J connectivity index is 1.69. The number of fused-ring (bicyclic) bond motifs is 1. The highest BCUT2D eigenvalue weighted by Crippen LogP contribution is 2.42. The highest BCUT2D eigenvalue weighted by atomic mass is 31.2. The van der Waals surface area contributed by atoms with E-state index < -0.39 is 7.14 Å². The van der Waals surface area contributed by atoms with Crippen LogP contribution >= 0.6 is 7.14 Å². The van der Waals surface area contributed by atoms with Gasteiger partial charge in [0.05, 0.1) is 11.2 Å². The maximum Gasteiger partial charge on any atom is 0.171 e. The van der Waals surface area contributed by atoms with Crippen molar-refractivity contribution < 1.29 is 4.57 Å². The molecule has 0 aliphatic heterocycles. The van der Waals surface area contributed by atoms with Crippen LogP contribution in [0.1, 0.15) is 0 Å². The summed E-state index contributed by atoms with van der Waals surface area (Å²) >= 11 is 0. The minimum atomic E-state index is -3.00. The van der Waals surface area contributed by atoms with Gasteiger partial charge >= 0.3 is 0 Å². The number of pyridine rings is 1. The van der Waals surface area contributed by atoms with E-state index in [1.54, 1.807) is 0 Å². The topological polar surface area (TPSA) is 30.0 Å². The second-order valence-electron chi connectivity index (χ2n) is 7.22. The van der Waals surface area contributed by atoms with Crippen molar-refractivity contribution in [1.82, 2.24) is 4.98 Å². The van der Waals surface area contributed by atoms with Gasteiger partial charge in [-0.05, 0) is 18.2 Å². The van der Waals surface area contributed by atoms with E-state index in [4.69, 9.17) is 4.98 Å².